The van der Waals surface area contributed by atoms with Crippen molar-refractivity contribution in [1.82, 2.24) is 0 Å². The van der Waals surface area contributed by atoms with Crippen molar-refractivity contribution in [3.05, 3.63) is 108 Å². The normalized spacial score (nSPS) is 14.0. The summed E-state index contributed by atoms with van der Waals surface area (Å²) in [5.74, 6) is -1.50. The molecule has 146 valence electrons. The molecular formula is C23H21F4N. The molecule has 0 N–H and O–H groups in total. The van der Waals surface area contributed by atoms with Crippen LogP contribution in [0.5, 0.6) is 0 Å². The molecule has 0 saturated heterocycles. The fourth-order valence-corrected chi connectivity index (χ4v) is 2.84. The van der Waals surface area contributed by atoms with Gasteiger partial charge in [0.15, 0.2) is 0 Å². The van der Waals surface area contributed by atoms with Crippen LogP contribution in [0.4, 0.5) is 17.6 Å². The minimum Gasteiger partial charge on any atom is -0.261 e. The van der Waals surface area contributed by atoms with Crippen molar-refractivity contribution in [2.45, 2.75) is 25.4 Å². The van der Waals surface area contributed by atoms with Crippen LogP contribution in [0.1, 0.15) is 29.5 Å². The van der Waals surface area contributed by atoms with Crippen LogP contribution >= 0.6 is 0 Å². The highest BCUT2D eigenvalue weighted by Gasteiger charge is 2.32. The van der Waals surface area contributed by atoms with Crippen molar-refractivity contribution in [2.24, 2.45) is 4.99 Å². The van der Waals surface area contributed by atoms with Crippen molar-refractivity contribution in [1.29, 1.82) is 0 Å². The molecule has 28 heavy (non-hydrogen) atoms. The zero-order chi connectivity index (χ0) is 20.6. The lowest BCUT2D eigenvalue weighted by Gasteiger charge is -2.20. The Bertz CT molecular complexity index is 877. The molecule has 0 fully saturated rings. The van der Waals surface area contributed by atoms with E-state index in [1.807, 2.05) is 43.3 Å². The van der Waals surface area contributed by atoms with Crippen LogP contribution < -0.4 is 0 Å². The fourth-order valence-electron chi connectivity index (χ4n) is 2.84. The molecule has 5 heteroatoms. The van der Waals surface area contributed by atoms with Gasteiger partial charge in [0.05, 0.1) is 5.56 Å². The van der Waals surface area contributed by atoms with Crippen LogP contribution in [0.3, 0.4) is 0 Å². The highest BCUT2D eigenvalue weighted by atomic mass is 19.4. The predicted octanol–water partition coefficient (Wildman–Crippen LogP) is 6.89. The second-order valence-electron chi connectivity index (χ2n) is 6.13. The molecule has 2 aromatic carbocycles. The minimum absolute atomic E-state index is 0.210. The van der Waals surface area contributed by atoms with Crippen molar-refractivity contribution >= 4 is 5.71 Å². The maximum atomic E-state index is 14.0. The van der Waals surface area contributed by atoms with E-state index in [4.69, 9.17) is 0 Å². The monoisotopic (exact) mass is 387 g/mol. The lowest BCUT2D eigenvalue weighted by molar-refractivity contribution is -0.137. The van der Waals surface area contributed by atoms with Gasteiger partial charge in [-0.3, -0.25) is 4.99 Å². The molecule has 0 bridgehead atoms. The maximum Gasteiger partial charge on any atom is 0.416 e. The summed E-state index contributed by atoms with van der Waals surface area (Å²) in [5, 5.41) is 0. The quantitative estimate of drug-likeness (QED) is 0.279. The smallest absolute Gasteiger partial charge is 0.261 e. The predicted molar refractivity (Wildman–Crippen MR) is 106 cm³/mol. The van der Waals surface area contributed by atoms with Crippen LogP contribution in [-0.4, -0.2) is 5.71 Å². The van der Waals surface area contributed by atoms with E-state index in [9.17, 15) is 17.6 Å². The Morgan fingerprint density at radius 1 is 1.11 bits per heavy atom. The van der Waals surface area contributed by atoms with Crippen molar-refractivity contribution in [2.75, 3.05) is 0 Å². The molecule has 0 aliphatic rings. The first-order chi connectivity index (χ1) is 13.3. The lowest BCUT2D eigenvalue weighted by atomic mass is 9.86. The number of halogens is 4. The third-order valence-corrected chi connectivity index (χ3v) is 4.10. The largest absolute Gasteiger partial charge is 0.416 e. The molecule has 1 unspecified atom stereocenters. The number of alkyl halides is 3. The number of nitrogens with zero attached hydrogens (tertiary/aromatic N) is 1. The number of hydrogen-bond donors (Lipinski definition) is 0. The van der Waals surface area contributed by atoms with E-state index in [2.05, 4.69) is 11.6 Å². The Morgan fingerprint density at radius 3 is 2.43 bits per heavy atom. The van der Waals surface area contributed by atoms with E-state index in [0.717, 1.165) is 17.7 Å². The molecule has 0 aliphatic heterocycles. The SMILES string of the molecule is C=CN=C(/C=C\C=C\C)C(Cc1ccccc1)c1cc(F)cc(C(F)(F)F)c1. The molecule has 0 saturated carbocycles. The van der Waals surface area contributed by atoms with Gasteiger partial charge in [0.25, 0.3) is 0 Å². The molecule has 0 spiro atoms. The number of hydrogen-bond acceptors (Lipinski definition) is 1. The van der Waals surface area contributed by atoms with Crippen LogP contribution in [0.25, 0.3) is 0 Å². The van der Waals surface area contributed by atoms with Gasteiger partial charge >= 0.3 is 6.18 Å². The van der Waals surface area contributed by atoms with Gasteiger partial charge in [0.1, 0.15) is 5.82 Å². The van der Waals surface area contributed by atoms with Gasteiger partial charge in [-0.05, 0) is 48.7 Å². The summed E-state index contributed by atoms with van der Waals surface area (Å²) in [7, 11) is 0. The van der Waals surface area contributed by atoms with Crippen molar-refractivity contribution < 1.29 is 17.6 Å². The minimum atomic E-state index is -4.63. The molecule has 0 heterocycles. The summed E-state index contributed by atoms with van der Waals surface area (Å²) >= 11 is 0. The molecular weight excluding hydrogens is 366 g/mol. The van der Waals surface area contributed by atoms with E-state index >= 15 is 0 Å². The summed E-state index contributed by atoms with van der Waals surface area (Å²) in [6, 6.07) is 11.9. The third-order valence-electron chi connectivity index (χ3n) is 4.10. The Kier molecular flexibility index (Phi) is 7.50. The molecule has 0 aromatic heterocycles. The summed E-state index contributed by atoms with van der Waals surface area (Å²) in [5.41, 5.74) is 0.593. The molecule has 0 aliphatic carbocycles. The first-order valence-electron chi connectivity index (χ1n) is 8.74. The Hall–Kier alpha value is -2.95. The van der Waals surface area contributed by atoms with Gasteiger partial charge in [-0.2, -0.15) is 13.2 Å². The number of allylic oxidation sites excluding steroid dienone is 4. The van der Waals surface area contributed by atoms with Gasteiger partial charge in [-0.1, -0.05) is 55.1 Å². The second-order valence-corrected chi connectivity index (χ2v) is 6.13. The highest BCUT2D eigenvalue weighted by molar-refractivity contribution is 6.01. The van der Waals surface area contributed by atoms with E-state index in [-0.39, 0.29) is 5.56 Å². The average Bonchev–Trinajstić information content (AvgIpc) is 2.65. The summed E-state index contributed by atoms with van der Waals surface area (Å²) in [6.07, 6.45) is 4.11. The number of benzene rings is 2. The number of aliphatic imine (C=N–C) groups is 1. The maximum absolute atomic E-state index is 14.0. The molecule has 0 radical (unpaired) electrons. The molecule has 2 aromatic rings. The van der Waals surface area contributed by atoms with Crippen molar-refractivity contribution in [3.8, 4) is 0 Å². The van der Waals surface area contributed by atoms with Gasteiger partial charge in [0.2, 0.25) is 0 Å². The standard InChI is InChI=1S/C23H21F4N/c1-3-5-7-12-22(28-4-2)21(13-17-10-8-6-9-11-17)18-14-19(23(25,26)27)16-20(24)15-18/h3-12,14-16,21H,2,13H2,1H3/b5-3+,12-7-,28-22?. The van der Waals surface area contributed by atoms with Crippen molar-refractivity contribution in [3.63, 3.8) is 0 Å². The van der Waals surface area contributed by atoms with Crippen LogP contribution in [0.15, 0.2) is 90.6 Å². The first-order valence-corrected chi connectivity index (χ1v) is 8.74. The van der Waals surface area contributed by atoms with E-state index in [0.29, 0.717) is 18.2 Å². The van der Waals surface area contributed by atoms with Gasteiger partial charge < -0.3 is 0 Å². The molecule has 1 nitrogen and oxygen atoms in total. The Labute approximate surface area is 162 Å². The van der Waals surface area contributed by atoms with Crippen LogP contribution in [0.2, 0.25) is 0 Å². The van der Waals surface area contributed by atoms with Crippen LogP contribution in [0, 0.1) is 5.82 Å². The Balaban J connectivity index is 2.59. The lowest BCUT2D eigenvalue weighted by Crippen LogP contribution is -2.16. The van der Waals surface area contributed by atoms with E-state index < -0.39 is 23.5 Å². The fraction of sp³-hybridized carbons (Fsp3) is 0.174. The zero-order valence-electron chi connectivity index (χ0n) is 15.5. The average molecular weight is 387 g/mol. The van der Waals surface area contributed by atoms with Gasteiger partial charge in [0, 0.05) is 17.8 Å². The first kappa shape index (κ1) is 21.4. The Morgan fingerprint density at radius 2 is 1.82 bits per heavy atom. The summed E-state index contributed by atoms with van der Waals surface area (Å²) in [4.78, 5) is 4.25. The van der Waals surface area contributed by atoms with E-state index in [1.54, 1.807) is 18.2 Å². The number of rotatable bonds is 7. The highest BCUT2D eigenvalue weighted by Crippen LogP contribution is 2.33. The third kappa shape index (κ3) is 6.05. The van der Waals surface area contributed by atoms with Gasteiger partial charge in [-0.15, -0.1) is 0 Å². The molecule has 2 rings (SSSR count). The summed E-state index contributed by atoms with van der Waals surface area (Å²) < 4.78 is 53.6. The molecule has 1 atom stereocenters. The second kappa shape index (κ2) is 9.83. The van der Waals surface area contributed by atoms with Gasteiger partial charge in [-0.25, -0.2) is 4.39 Å². The molecule has 0 amide bonds. The zero-order valence-corrected chi connectivity index (χ0v) is 15.5. The summed E-state index contributed by atoms with van der Waals surface area (Å²) in [6.45, 7) is 5.44. The van der Waals surface area contributed by atoms with Crippen LogP contribution in [-0.2, 0) is 12.6 Å². The topological polar surface area (TPSA) is 12.4 Å². The van der Waals surface area contributed by atoms with E-state index in [1.165, 1.54) is 6.20 Å².